The van der Waals surface area contributed by atoms with Gasteiger partial charge in [-0.05, 0) is 49.5 Å². The summed E-state index contributed by atoms with van der Waals surface area (Å²) in [6.45, 7) is 3.26. The second kappa shape index (κ2) is 1.97. The van der Waals surface area contributed by atoms with E-state index in [-0.39, 0.29) is 0 Å². The number of rotatable bonds is 1. The van der Waals surface area contributed by atoms with Gasteiger partial charge in [0.15, 0.2) is 0 Å². The van der Waals surface area contributed by atoms with Crippen molar-refractivity contribution < 1.29 is 0 Å². The molecule has 2 saturated carbocycles. The quantitative estimate of drug-likeness (QED) is 0.588. The van der Waals surface area contributed by atoms with Gasteiger partial charge in [-0.15, -0.1) is 0 Å². The fourth-order valence-electron chi connectivity index (χ4n) is 2.69. The Morgan fingerprint density at radius 3 is 2.10 bits per heavy atom. The number of hydrogen-bond donors (Lipinski definition) is 1. The first kappa shape index (κ1) is 6.66. The molecular formula is C9H17N. The Balaban J connectivity index is 2.03. The first-order valence-corrected chi connectivity index (χ1v) is 4.44. The summed E-state index contributed by atoms with van der Waals surface area (Å²) in [6.07, 6.45) is 5.79. The Kier molecular flexibility index (Phi) is 1.31. The lowest BCUT2D eigenvalue weighted by molar-refractivity contribution is 0.219. The van der Waals surface area contributed by atoms with Crippen LogP contribution in [0.2, 0.25) is 0 Å². The average molecular weight is 139 g/mol. The molecule has 0 aromatic rings. The molecule has 3 atom stereocenters. The van der Waals surface area contributed by atoms with Crippen molar-refractivity contribution in [1.29, 1.82) is 0 Å². The standard InChI is InChI=1S/C9H17N/c1-9(6-10)4-7-2-3-8(7)5-9/h7-8H,2-6,10H2,1H3/t7-,8+,9-. The maximum Gasteiger partial charge on any atom is -0.00230 e. The molecule has 2 aliphatic carbocycles. The van der Waals surface area contributed by atoms with Crippen LogP contribution in [0.15, 0.2) is 0 Å². The SMILES string of the molecule is C[C@@]1(CN)C[C@H]2CC[C@H]2C1. The van der Waals surface area contributed by atoms with Gasteiger partial charge in [-0.3, -0.25) is 0 Å². The molecule has 0 saturated heterocycles. The molecule has 2 N–H and O–H groups in total. The topological polar surface area (TPSA) is 26.0 Å². The monoisotopic (exact) mass is 139 g/mol. The van der Waals surface area contributed by atoms with Gasteiger partial charge in [0.2, 0.25) is 0 Å². The molecule has 1 heteroatoms. The Morgan fingerprint density at radius 1 is 1.30 bits per heavy atom. The summed E-state index contributed by atoms with van der Waals surface area (Å²) in [5, 5.41) is 0. The van der Waals surface area contributed by atoms with Crippen LogP contribution in [0.1, 0.15) is 32.6 Å². The lowest BCUT2D eigenvalue weighted by Gasteiger charge is -2.29. The fraction of sp³-hybridized carbons (Fsp3) is 1.00. The van der Waals surface area contributed by atoms with Gasteiger partial charge >= 0.3 is 0 Å². The van der Waals surface area contributed by atoms with Crippen LogP contribution in [-0.2, 0) is 0 Å². The van der Waals surface area contributed by atoms with Crippen LogP contribution < -0.4 is 5.73 Å². The second-order valence-electron chi connectivity index (χ2n) is 4.52. The van der Waals surface area contributed by atoms with Gasteiger partial charge in [-0.1, -0.05) is 6.92 Å². The van der Waals surface area contributed by atoms with Crippen LogP contribution >= 0.6 is 0 Å². The van der Waals surface area contributed by atoms with E-state index in [1.807, 2.05) is 0 Å². The van der Waals surface area contributed by atoms with E-state index < -0.39 is 0 Å². The van der Waals surface area contributed by atoms with Gasteiger partial charge in [0.05, 0.1) is 0 Å². The van der Waals surface area contributed by atoms with Crippen molar-refractivity contribution in [3.8, 4) is 0 Å². The van der Waals surface area contributed by atoms with Crippen molar-refractivity contribution in [2.45, 2.75) is 32.6 Å². The molecule has 2 aliphatic rings. The summed E-state index contributed by atoms with van der Waals surface area (Å²) >= 11 is 0. The van der Waals surface area contributed by atoms with Gasteiger partial charge in [0.25, 0.3) is 0 Å². The van der Waals surface area contributed by atoms with Crippen molar-refractivity contribution in [2.24, 2.45) is 23.0 Å². The Labute approximate surface area is 63.0 Å². The van der Waals surface area contributed by atoms with Crippen molar-refractivity contribution in [3.63, 3.8) is 0 Å². The van der Waals surface area contributed by atoms with E-state index in [1.165, 1.54) is 25.7 Å². The first-order valence-electron chi connectivity index (χ1n) is 4.44. The number of nitrogens with two attached hydrogens (primary N) is 1. The Hall–Kier alpha value is -0.0400. The third kappa shape index (κ3) is 0.800. The summed E-state index contributed by atoms with van der Waals surface area (Å²) in [6, 6.07) is 0. The third-order valence-electron chi connectivity index (χ3n) is 3.58. The zero-order valence-electron chi connectivity index (χ0n) is 6.77. The lowest BCUT2D eigenvalue weighted by atomic mass is 9.77. The predicted molar refractivity (Wildman–Crippen MR) is 42.6 cm³/mol. The van der Waals surface area contributed by atoms with Gasteiger partial charge in [0.1, 0.15) is 0 Å². The molecule has 0 aromatic carbocycles. The molecule has 0 spiro atoms. The van der Waals surface area contributed by atoms with E-state index >= 15 is 0 Å². The van der Waals surface area contributed by atoms with Gasteiger partial charge in [-0.2, -0.15) is 0 Å². The predicted octanol–water partition coefficient (Wildman–Crippen LogP) is 1.77. The van der Waals surface area contributed by atoms with Crippen LogP contribution in [-0.4, -0.2) is 6.54 Å². The molecule has 0 aromatic heterocycles. The van der Waals surface area contributed by atoms with E-state index in [2.05, 4.69) is 6.92 Å². The maximum atomic E-state index is 5.72. The van der Waals surface area contributed by atoms with Crippen LogP contribution in [0.3, 0.4) is 0 Å². The highest BCUT2D eigenvalue weighted by molar-refractivity contribution is 4.97. The van der Waals surface area contributed by atoms with Crippen molar-refractivity contribution in [1.82, 2.24) is 0 Å². The zero-order valence-corrected chi connectivity index (χ0v) is 6.77. The molecule has 0 bridgehead atoms. The first-order chi connectivity index (χ1) is 4.73. The molecule has 0 amide bonds. The van der Waals surface area contributed by atoms with E-state index in [9.17, 15) is 0 Å². The largest absolute Gasteiger partial charge is 0.330 e. The maximum absolute atomic E-state index is 5.72. The van der Waals surface area contributed by atoms with Gasteiger partial charge < -0.3 is 5.73 Å². The molecular weight excluding hydrogens is 122 g/mol. The zero-order chi connectivity index (χ0) is 7.19. The van der Waals surface area contributed by atoms with Crippen molar-refractivity contribution in [3.05, 3.63) is 0 Å². The fourth-order valence-corrected chi connectivity index (χ4v) is 2.69. The molecule has 10 heavy (non-hydrogen) atoms. The summed E-state index contributed by atoms with van der Waals surface area (Å²) in [4.78, 5) is 0. The summed E-state index contributed by atoms with van der Waals surface area (Å²) in [5.74, 6) is 2.13. The summed E-state index contributed by atoms with van der Waals surface area (Å²) in [5.41, 5.74) is 6.24. The van der Waals surface area contributed by atoms with E-state index in [4.69, 9.17) is 5.73 Å². The molecule has 0 heterocycles. The molecule has 2 rings (SSSR count). The molecule has 2 fully saturated rings. The van der Waals surface area contributed by atoms with Crippen LogP contribution in [0.25, 0.3) is 0 Å². The third-order valence-corrected chi connectivity index (χ3v) is 3.58. The Morgan fingerprint density at radius 2 is 1.80 bits per heavy atom. The minimum absolute atomic E-state index is 0.520. The van der Waals surface area contributed by atoms with E-state index in [0.717, 1.165) is 18.4 Å². The smallest absolute Gasteiger partial charge is 0.00230 e. The minimum Gasteiger partial charge on any atom is -0.330 e. The van der Waals surface area contributed by atoms with Gasteiger partial charge in [-0.25, -0.2) is 0 Å². The van der Waals surface area contributed by atoms with Crippen LogP contribution in [0.5, 0.6) is 0 Å². The Bertz CT molecular complexity index is 130. The molecule has 0 unspecified atom stereocenters. The summed E-state index contributed by atoms with van der Waals surface area (Å²) in [7, 11) is 0. The minimum atomic E-state index is 0.520. The molecule has 0 radical (unpaired) electrons. The number of hydrogen-bond acceptors (Lipinski definition) is 1. The van der Waals surface area contributed by atoms with Crippen molar-refractivity contribution >= 4 is 0 Å². The molecule has 1 nitrogen and oxygen atoms in total. The highest BCUT2D eigenvalue weighted by Crippen LogP contribution is 2.54. The van der Waals surface area contributed by atoms with E-state index in [1.54, 1.807) is 0 Å². The van der Waals surface area contributed by atoms with Crippen LogP contribution in [0.4, 0.5) is 0 Å². The van der Waals surface area contributed by atoms with Crippen LogP contribution in [0, 0.1) is 17.3 Å². The summed E-state index contributed by atoms with van der Waals surface area (Å²) < 4.78 is 0. The highest BCUT2D eigenvalue weighted by atomic mass is 14.6. The highest BCUT2D eigenvalue weighted by Gasteiger charge is 2.45. The number of fused-ring (bicyclic) bond motifs is 1. The molecule has 58 valence electrons. The van der Waals surface area contributed by atoms with E-state index in [0.29, 0.717) is 5.41 Å². The van der Waals surface area contributed by atoms with Gasteiger partial charge in [0, 0.05) is 0 Å². The second-order valence-corrected chi connectivity index (χ2v) is 4.52. The molecule has 0 aliphatic heterocycles. The average Bonchev–Trinajstić information content (AvgIpc) is 2.13. The normalized spacial score (nSPS) is 52.2. The van der Waals surface area contributed by atoms with Crippen molar-refractivity contribution in [2.75, 3.05) is 6.54 Å². The lowest BCUT2D eigenvalue weighted by Crippen LogP contribution is -2.23.